The lowest BCUT2D eigenvalue weighted by Crippen LogP contribution is -2.27. The Balaban J connectivity index is 2.08. The summed E-state index contributed by atoms with van der Waals surface area (Å²) in [5.41, 5.74) is 0.800. The van der Waals surface area contributed by atoms with Crippen LogP contribution in [0.5, 0.6) is 0 Å². The molecule has 0 aliphatic heterocycles. The summed E-state index contributed by atoms with van der Waals surface area (Å²) in [6, 6.07) is 4.95. The van der Waals surface area contributed by atoms with E-state index in [-0.39, 0.29) is 11.9 Å². The van der Waals surface area contributed by atoms with Crippen LogP contribution in [0, 0.1) is 11.7 Å². The maximum absolute atomic E-state index is 13.1. The molecule has 2 nitrogen and oxygen atoms in total. The van der Waals surface area contributed by atoms with Crippen molar-refractivity contribution in [3.63, 3.8) is 0 Å². The van der Waals surface area contributed by atoms with Gasteiger partial charge in [0.05, 0.1) is 18.3 Å². The minimum atomic E-state index is -0.224. The van der Waals surface area contributed by atoms with Crippen LogP contribution in [0.1, 0.15) is 12.8 Å². The van der Waals surface area contributed by atoms with Gasteiger partial charge in [-0.05, 0) is 52.9 Å². The van der Waals surface area contributed by atoms with Gasteiger partial charge in [-0.15, -0.1) is 0 Å². The molecule has 88 valence electrons. The highest BCUT2D eigenvalue weighted by molar-refractivity contribution is 9.10. The van der Waals surface area contributed by atoms with Crippen LogP contribution in [-0.4, -0.2) is 19.8 Å². The van der Waals surface area contributed by atoms with Crippen LogP contribution in [0.3, 0.4) is 0 Å². The first kappa shape index (κ1) is 11.9. The Morgan fingerprint density at radius 2 is 2.31 bits per heavy atom. The first-order valence-electron chi connectivity index (χ1n) is 5.41. The summed E-state index contributed by atoms with van der Waals surface area (Å²) in [6.45, 7) is 0.660. The molecule has 1 N–H and O–H groups in total. The third-order valence-corrected chi connectivity index (χ3v) is 3.50. The Kier molecular flexibility index (Phi) is 3.82. The zero-order valence-corrected chi connectivity index (χ0v) is 10.8. The van der Waals surface area contributed by atoms with E-state index in [4.69, 9.17) is 4.74 Å². The number of benzene rings is 1. The average molecular weight is 288 g/mol. The number of methoxy groups -OCH3 is 1. The Labute approximate surface area is 103 Å². The number of ether oxygens (including phenoxy) is 1. The lowest BCUT2D eigenvalue weighted by Gasteiger charge is -2.19. The molecule has 0 spiro atoms. The highest BCUT2D eigenvalue weighted by atomic mass is 79.9. The van der Waals surface area contributed by atoms with Gasteiger partial charge >= 0.3 is 0 Å². The third-order valence-electron chi connectivity index (χ3n) is 2.81. The Morgan fingerprint density at radius 1 is 1.56 bits per heavy atom. The van der Waals surface area contributed by atoms with E-state index < -0.39 is 0 Å². The Hall–Kier alpha value is -0.610. The SMILES string of the molecule is COCC(Nc1cc(F)ccc1Br)C1CC1. The molecular weight excluding hydrogens is 273 g/mol. The Morgan fingerprint density at radius 3 is 2.94 bits per heavy atom. The van der Waals surface area contributed by atoms with Crippen molar-refractivity contribution >= 4 is 21.6 Å². The fraction of sp³-hybridized carbons (Fsp3) is 0.500. The van der Waals surface area contributed by atoms with E-state index in [1.54, 1.807) is 13.2 Å². The quantitative estimate of drug-likeness (QED) is 0.896. The molecule has 1 aliphatic carbocycles. The van der Waals surface area contributed by atoms with E-state index in [0.29, 0.717) is 12.5 Å². The maximum atomic E-state index is 13.1. The molecule has 0 radical (unpaired) electrons. The predicted molar refractivity (Wildman–Crippen MR) is 66.1 cm³/mol. The number of rotatable bonds is 5. The first-order valence-corrected chi connectivity index (χ1v) is 6.20. The van der Waals surface area contributed by atoms with Gasteiger partial charge in [0.15, 0.2) is 0 Å². The van der Waals surface area contributed by atoms with Crippen molar-refractivity contribution in [2.24, 2.45) is 5.92 Å². The number of nitrogens with one attached hydrogen (secondary N) is 1. The summed E-state index contributed by atoms with van der Waals surface area (Å²) in [5, 5.41) is 3.34. The zero-order valence-electron chi connectivity index (χ0n) is 9.17. The van der Waals surface area contributed by atoms with Gasteiger partial charge in [-0.25, -0.2) is 4.39 Å². The molecule has 1 aromatic carbocycles. The monoisotopic (exact) mass is 287 g/mol. The molecule has 2 rings (SSSR count). The van der Waals surface area contributed by atoms with Crippen molar-refractivity contribution in [2.45, 2.75) is 18.9 Å². The molecule has 1 unspecified atom stereocenters. The van der Waals surface area contributed by atoms with Gasteiger partial charge in [-0.2, -0.15) is 0 Å². The number of hydrogen-bond acceptors (Lipinski definition) is 2. The lowest BCUT2D eigenvalue weighted by atomic mass is 10.2. The number of anilines is 1. The van der Waals surface area contributed by atoms with E-state index in [1.165, 1.54) is 25.0 Å². The molecule has 1 aromatic rings. The molecule has 0 bridgehead atoms. The summed E-state index contributed by atoms with van der Waals surface area (Å²) in [6.07, 6.45) is 2.46. The van der Waals surface area contributed by atoms with Gasteiger partial charge in [-0.3, -0.25) is 0 Å². The van der Waals surface area contributed by atoms with Gasteiger partial charge < -0.3 is 10.1 Å². The Bertz CT molecular complexity index is 368. The first-order chi connectivity index (χ1) is 7.70. The molecule has 4 heteroatoms. The average Bonchev–Trinajstić information content (AvgIpc) is 3.06. The third kappa shape index (κ3) is 2.95. The van der Waals surface area contributed by atoms with Crippen molar-refractivity contribution in [3.8, 4) is 0 Å². The molecule has 1 saturated carbocycles. The molecule has 16 heavy (non-hydrogen) atoms. The number of hydrogen-bond donors (Lipinski definition) is 1. The second-order valence-corrected chi connectivity index (χ2v) is 5.02. The van der Waals surface area contributed by atoms with Gasteiger partial charge in [-0.1, -0.05) is 0 Å². The second kappa shape index (κ2) is 5.15. The van der Waals surface area contributed by atoms with Crippen molar-refractivity contribution < 1.29 is 9.13 Å². The maximum Gasteiger partial charge on any atom is 0.125 e. The van der Waals surface area contributed by atoms with Crippen LogP contribution in [0.2, 0.25) is 0 Å². The van der Waals surface area contributed by atoms with E-state index in [1.807, 2.05) is 0 Å². The molecular formula is C12H15BrFNO. The summed E-state index contributed by atoms with van der Waals surface area (Å²) >= 11 is 3.41. The highest BCUT2D eigenvalue weighted by Crippen LogP contribution is 2.35. The van der Waals surface area contributed by atoms with Crippen LogP contribution < -0.4 is 5.32 Å². The van der Waals surface area contributed by atoms with Crippen LogP contribution in [0.4, 0.5) is 10.1 Å². The molecule has 0 heterocycles. The van der Waals surface area contributed by atoms with Crippen LogP contribution in [-0.2, 0) is 4.74 Å². The highest BCUT2D eigenvalue weighted by Gasteiger charge is 2.31. The summed E-state index contributed by atoms with van der Waals surface area (Å²) in [5.74, 6) is 0.438. The lowest BCUT2D eigenvalue weighted by molar-refractivity contribution is 0.179. The molecule has 0 aromatic heterocycles. The summed E-state index contributed by atoms with van der Waals surface area (Å²) < 4.78 is 19.2. The van der Waals surface area contributed by atoms with E-state index >= 15 is 0 Å². The molecule has 1 aliphatic rings. The number of halogens is 2. The van der Waals surface area contributed by atoms with Crippen molar-refractivity contribution in [1.29, 1.82) is 0 Å². The fourth-order valence-corrected chi connectivity index (χ4v) is 2.14. The topological polar surface area (TPSA) is 21.3 Å². The van der Waals surface area contributed by atoms with Crippen LogP contribution in [0.25, 0.3) is 0 Å². The van der Waals surface area contributed by atoms with E-state index in [2.05, 4.69) is 21.2 Å². The van der Waals surface area contributed by atoms with E-state index in [9.17, 15) is 4.39 Å². The minimum absolute atomic E-state index is 0.224. The van der Waals surface area contributed by atoms with Gasteiger partial charge in [0.1, 0.15) is 5.82 Å². The smallest absolute Gasteiger partial charge is 0.125 e. The van der Waals surface area contributed by atoms with Gasteiger partial charge in [0.25, 0.3) is 0 Å². The van der Waals surface area contributed by atoms with Crippen molar-refractivity contribution in [1.82, 2.24) is 0 Å². The molecule has 0 amide bonds. The predicted octanol–water partition coefficient (Wildman–Crippen LogP) is 3.43. The zero-order chi connectivity index (χ0) is 11.5. The van der Waals surface area contributed by atoms with Gasteiger partial charge in [0.2, 0.25) is 0 Å². The van der Waals surface area contributed by atoms with Crippen molar-refractivity contribution in [2.75, 3.05) is 19.0 Å². The molecule has 1 atom stereocenters. The van der Waals surface area contributed by atoms with Gasteiger partial charge in [0, 0.05) is 11.6 Å². The van der Waals surface area contributed by atoms with Crippen LogP contribution in [0.15, 0.2) is 22.7 Å². The van der Waals surface area contributed by atoms with E-state index in [0.717, 1.165) is 10.2 Å². The van der Waals surface area contributed by atoms with Crippen molar-refractivity contribution in [3.05, 3.63) is 28.5 Å². The second-order valence-electron chi connectivity index (χ2n) is 4.17. The molecule has 0 saturated heterocycles. The minimum Gasteiger partial charge on any atom is -0.383 e. The fourth-order valence-electron chi connectivity index (χ4n) is 1.78. The normalized spacial score (nSPS) is 17.2. The standard InChI is InChI=1S/C12H15BrFNO/c1-16-7-12(8-2-3-8)15-11-6-9(14)4-5-10(11)13/h4-6,8,12,15H,2-3,7H2,1H3. The molecule has 1 fully saturated rings. The largest absolute Gasteiger partial charge is 0.383 e. The summed E-state index contributed by atoms with van der Waals surface area (Å²) in [7, 11) is 1.69. The van der Waals surface area contributed by atoms with Crippen LogP contribution >= 0.6 is 15.9 Å². The summed E-state index contributed by atoms with van der Waals surface area (Å²) in [4.78, 5) is 0.